The van der Waals surface area contributed by atoms with Crippen LogP contribution >= 0.6 is 0 Å². The number of para-hydroxylation sites is 1. The summed E-state index contributed by atoms with van der Waals surface area (Å²) < 4.78 is 15.6. The maximum Gasteiger partial charge on any atom is 0.330 e. The van der Waals surface area contributed by atoms with Gasteiger partial charge in [-0.1, -0.05) is 30.3 Å². The summed E-state index contributed by atoms with van der Waals surface area (Å²) >= 11 is 0. The minimum Gasteiger partial charge on any atom is -0.497 e. The van der Waals surface area contributed by atoms with Crippen LogP contribution < -0.4 is 9.47 Å². The molecule has 0 bridgehead atoms. The maximum absolute atomic E-state index is 11.6. The number of hydrogen-bond acceptors (Lipinski definition) is 4. The van der Waals surface area contributed by atoms with Gasteiger partial charge < -0.3 is 14.2 Å². The topological polar surface area (TPSA) is 44.8 Å². The van der Waals surface area contributed by atoms with Crippen molar-refractivity contribution in [2.75, 3.05) is 20.3 Å². The zero-order valence-electron chi connectivity index (χ0n) is 12.4. The molecule has 0 aliphatic carbocycles. The molecule has 0 N–H and O–H groups in total. The van der Waals surface area contributed by atoms with E-state index < -0.39 is 5.97 Å². The lowest BCUT2D eigenvalue weighted by molar-refractivity contribution is -0.138. The van der Waals surface area contributed by atoms with E-state index in [1.54, 1.807) is 13.2 Å². The molecule has 0 saturated heterocycles. The molecule has 0 radical (unpaired) electrons. The van der Waals surface area contributed by atoms with Crippen molar-refractivity contribution in [2.24, 2.45) is 0 Å². The van der Waals surface area contributed by atoms with Crippen LogP contribution in [0.15, 0.2) is 60.7 Å². The summed E-state index contributed by atoms with van der Waals surface area (Å²) in [5.74, 6) is 1.14. The molecule has 4 heteroatoms. The Hall–Kier alpha value is -2.75. The van der Waals surface area contributed by atoms with Crippen LogP contribution in [0, 0.1) is 0 Å². The number of esters is 1. The third-order valence-electron chi connectivity index (χ3n) is 2.87. The first kappa shape index (κ1) is 15.6. The van der Waals surface area contributed by atoms with Gasteiger partial charge >= 0.3 is 5.97 Å². The molecule has 0 unspecified atom stereocenters. The molecule has 2 aromatic rings. The van der Waals surface area contributed by atoms with Crippen LogP contribution in [0.5, 0.6) is 11.5 Å². The highest BCUT2D eigenvalue weighted by atomic mass is 16.6. The van der Waals surface area contributed by atoms with Crippen LogP contribution in [0.3, 0.4) is 0 Å². The molecular weight excluding hydrogens is 280 g/mol. The van der Waals surface area contributed by atoms with Gasteiger partial charge in [0.1, 0.15) is 24.7 Å². The number of ether oxygens (including phenoxy) is 3. The lowest BCUT2D eigenvalue weighted by Gasteiger charge is -2.05. The number of carbonyl (C=O) groups excluding carboxylic acids is 1. The molecule has 4 nitrogen and oxygen atoms in total. The monoisotopic (exact) mass is 298 g/mol. The number of benzene rings is 2. The second kappa shape index (κ2) is 8.52. The van der Waals surface area contributed by atoms with Crippen molar-refractivity contribution in [3.05, 3.63) is 66.2 Å². The van der Waals surface area contributed by atoms with E-state index in [1.807, 2.05) is 54.6 Å². The van der Waals surface area contributed by atoms with Gasteiger partial charge in [0, 0.05) is 6.08 Å². The van der Waals surface area contributed by atoms with Crippen LogP contribution in [0.25, 0.3) is 6.08 Å². The highest BCUT2D eigenvalue weighted by Crippen LogP contribution is 2.12. The molecule has 114 valence electrons. The van der Waals surface area contributed by atoms with Crippen LogP contribution in [0.2, 0.25) is 0 Å². The maximum atomic E-state index is 11.6. The molecule has 2 rings (SSSR count). The summed E-state index contributed by atoms with van der Waals surface area (Å²) in [7, 11) is 1.61. The van der Waals surface area contributed by atoms with E-state index in [-0.39, 0.29) is 6.61 Å². The number of methoxy groups -OCH3 is 1. The molecule has 0 amide bonds. The van der Waals surface area contributed by atoms with Gasteiger partial charge in [-0.25, -0.2) is 4.79 Å². The van der Waals surface area contributed by atoms with Crippen LogP contribution in [0.4, 0.5) is 0 Å². The van der Waals surface area contributed by atoms with E-state index >= 15 is 0 Å². The van der Waals surface area contributed by atoms with Crippen molar-refractivity contribution in [1.29, 1.82) is 0 Å². The molecule has 0 aromatic heterocycles. The molecule has 0 fully saturated rings. The van der Waals surface area contributed by atoms with Gasteiger partial charge in [-0.15, -0.1) is 0 Å². The summed E-state index contributed by atoms with van der Waals surface area (Å²) in [6, 6.07) is 16.8. The Bertz CT molecular complexity index is 603. The van der Waals surface area contributed by atoms with Crippen molar-refractivity contribution >= 4 is 12.0 Å². The van der Waals surface area contributed by atoms with E-state index in [0.29, 0.717) is 6.61 Å². The fraction of sp³-hybridized carbons (Fsp3) is 0.167. The fourth-order valence-electron chi connectivity index (χ4n) is 1.75. The standard InChI is InChI=1S/C18H18O4/c1-20-16-10-7-15(8-11-16)9-12-18(19)22-14-13-21-17-5-3-2-4-6-17/h2-12H,13-14H2,1H3/b12-9-. The van der Waals surface area contributed by atoms with Gasteiger partial charge in [-0.2, -0.15) is 0 Å². The average Bonchev–Trinajstić information content (AvgIpc) is 2.58. The summed E-state index contributed by atoms with van der Waals surface area (Å²) in [6.45, 7) is 0.535. The van der Waals surface area contributed by atoms with Crippen molar-refractivity contribution in [2.45, 2.75) is 0 Å². The van der Waals surface area contributed by atoms with Gasteiger partial charge in [0.05, 0.1) is 7.11 Å². The summed E-state index contributed by atoms with van der Waals surface area (Å²) in [4.78, 5) is 11.6. The van der Waals surface area contributed by atoms with E-state index in [2.05, 4.69) is 0 Å². The molecule has 0 aliphatic heterocycles. The van der Waals surface area contributed by atoms with E-state index in [4.69, 9.17) is 14.2 Å². The number of hydrogen-bond donors (Lipinski definition) is 0. The Balaban J connectivity index is 1.69. The molecule has 0 heterocycles. The van der Waals surface area contributed by atoms with Gasteiger partial charge in [0.25, 0.3) is 0 Å². The van der Waals surface area contributed by atoms with Crippen molar-refractivity contribution in [3.8, 4) is 11.5 Å². The number of carbonyl (C=O) groups is 1. The molecule has 0 saturated carbocycles. The molecule has 0 aliphatic rings. The zero-order valence-corrected chi connectivity index (χ0v) is 12.4. The number of rotatable bonds is 7. The van der Waals surface area contributed by atoms with Crippen LogP contribution in [-0.4, -0.2) is 26.3 Å². The zero-order chi connectivity index (χ0) is 15.6. The van der Waals surface area contributed by atoms with E-state index in [9.17, 15) is 4.79 Å². The van der Waals surface area contributed by atoms with Gasteiger partial charge in [0.2, 0.25) is 0 Å². The Morgan fingerprint density at radius 2 is 1.68 bits per heavy atom. The first-order valence-corrected chi connectivity index (χ1v) is 6.94. The van der Waals surface area contributed by atoms with E-state index in [1.165, 1.54) is 6.08 Å². The lowest BCUT2D eigenvalue weighted by atomic mass is 10.2. The average molecular weight is 298 g/mol. The molecule has 0 atom stereocenters. The van der Waals surface area contributed by atoms with Crippen LogP contribution in [0.1, 0.15) is 5.56 Å². The first-order valence-electron chi connectivity index (χ1n) is 6.94. The minimum absolute atomic E-state index is 0.209. The molecular formula is C18H18O4. The lowest BCUT2D eigenvalue weighted by Crippen LogP contribution is -2.10. The fourth-order valence-corrected chi connectivity index (χ4v) is 1.75. The third kappa shape index (κ3) is 5.32. The molecule has 0 spiro atoms. The van der Waals surface area contributed by atoms with Gasteiger partial charge in [0.15, 0.2) is 0 Å². The van der Waals surface area contributed by atoms with E-state index in [0.717, 1.165) is 17.1 Å². The quantitative estimate of drug-likeness (QED) is 0.447. The third-order valence-corrected chi connectivity index (χ3v) is 2.87. The van der Waals surface area contributed by atoms with Gasteiger partial charge in [-0.3, -0.25) is 0 Å². The Morgan fingerprint density at radius 1 is 0.955 bits per heavy atom. The summed E-state index contributed by atoms with van der Waals surface area (Å²) in [5, 5.41) is 0. The first-order chi connectivity index (χ1) is 10.8. The Kier molecular flexibility index (Phi) is 6.05. The second-order valence-electron chi connectivity index (χ2n) is 4.44. The molecule has 2 aromatic carbocycles. The minimum atomic E-state index is -0.396. The second-order valence-corrected chi connectivity index (χ2v) is 4.44. The highest BCUT2D eigenvalue weighted by Gasteiger charge is 1.98. The SMILES string of the molecule is COc1ccc(/C=C\C(=O)OCCOc2ccccc2)cc1. The van der Waals surface area contributed by atoms with Gasteiger partial charge in [-0.05, 0) is 35.9 Å². The summed E-state index contributed by atoms with van der Waals surface area (Å²) in [6.07, 6.45) is 3.09. The predicted octanol–water partition coefficient (Wildman–Crippen LogP) is 3.33. The van der Waals surface area contributed by atoms with Crippen molar-refractivity contribution in [3.63, 3.8) is 0 Å². The predicted molar refractivity (Wildman–Crippen MR) is 84.9 cm³/mol. The summed E-state index contributed by atoms with van der Waals surface area (Å²) in [5.41, 5.74) is 0.901. The van der Waals surface area contributed by atoms with Crippen molar-refractivity contribution < 1.29 is 19.0 Å². The molecule has 22 heavy (non-hydrogen) atoms. The van der Waals surface area contributed by atoms with Crippen LogP contribution in [-0.2, 0) is 9.53 Å². The van der Waals surface area contributed by atoms with Crippen molar-refractivity contribution in [1.82, 2.24) is 0 Å². The Morgan fingerprint density at radius 3 is 2.36 bits per heavy atom. The smallest absolute Gasteiger partial charge is 0.330 e. The normalized spacial score (nSPS) is 10.4. The highest BCUT2D eigenvalue weighted by molar-refractivity contribution is 5.87. The Labute approximate surface area is 129 Å². The largest absolute Gasteiger partial charge is 0.497 e.